The summed E-state index contributed by atoms with van der Waals surface area (Å²) in [4.78, 5) is 12.3. The van der Waals surface area contributed by atoms with E-state index >= 15 is 0 Å². The molecular formula is C29H29BrCl2N4O2. The summed E-state index contributed by atoms with van der Waals surface area (Å²) < 4.78 is 8.71. The molecule has 0 aliphatic rings. The van der Waals surface area contributed by atoms with Crippen molar-refractivity contribution in [3.63, 3.8) is 0 Å². The summed E-state index contributed by atoms with van der Waals surface area (Å²) in [5.41, 5.74) is 4.78. The minimum absolute atomic E-state index is 0.0689. The van der Waals surface area contributed by atoms with Crippen molar-refractivity contribution in [2.24, 2.45) is 5.92 Å². The van der Waals surface area contributed by atoms with Crippen LogP contribution in [0.15, 0.2) is 65.1 Å². The van der Waals surface area contributed by atoms with Gasteiger partial charge in [-0.25, -0.2) is 4.68 Å². The molecule has 1 amide bonds. The Balaban J connectivity index is 1.53. The Bertz CT molecular complexity index is 1420. The van der Waals surface area contributed by atoms with E-state index in [1.54, 1.807) is 22.9 Å². The number of hydrogen-bond donors (Lipinski definition) is 1. The number of carbonyl (C=O) groups is 1. The monoisotopic (exact) mass is 614 g/mol. The van der Waals surface area contributed by atoms with Crippen molar-refractivity contribution in [2.75, 3.05) is 6.54 Å². The van der Waals surface area contributed by atoms with Gasteiger partial charge in [0.05, 0.1) is 15.7 Å². The summed E-state index contributed by atoms with van der Waals surface area (Å²) in [5.74, 6) is 1.14. The van der Waals surface area contributed by atoms with Crippen LogP contribution in [-0.4, -0.2) is 27.4 Å². The number of rotatable bonds is 9. The van der Waals surface area contributed by atoms with E-state index in [9.17, 15) is 4.79 Å². The van der Waals surface area contributed by atoms with Crippen LogP contribution >= 0.6 is 39.1 Å². The van der Waals surface area contributed by atoms with Crippen molar-refractivity contribution in [1.82, 2.24) is 20.3 Å². The molecule has 4 rings (SSSR count). The molecule has 0 fully saturated rings. The number of carbonyl (C=O) groups excluding carboxylic acids is 1. The Morgan fingerprint density at radius 3 is 2.32 bits per heavy atom. The molecule has 4 aromatic rings. The van der Waals surface area contributed by atoms with Crippen molar-refractivity contribution in [3.8, 4) is 22.6 Å². The van der Waals surface area contributed by atoms with Gasteiger partial charge < -0.3 is 10.1 Å². The summed E-state index contributed by atoms with van der Waals surface area (Å²) in [7, 11) is 0. The molecule has 9 heteroatoms. The van der Waals surface area contributed by atoms with E-state index in [0.717, 1.165) is 27.0 Å². The highest BCUT2D eigenvalue weighted by Crippen LogP contribution is 2.34. The van der Waals surface area contributed by atoms with Crippen LogP contribution in [0.2, 0.25) is 10.0 Å². The van der Waals surface area contributed by atoms with Gasteiger partial charge in [0.15, 0.2) is 0 Å². The van der Waals surface area contributed by atoms with Gasteiger partial charge in [-0.3, -0.25) is 4.79 Å². The summed E-state index contributed by atoms with van der Waals surface area (Å²) in [6.07, 6.45) is 0. The Hall–Kier alpha value is -2.87. The van der Waals surface area contributed by atoms with E-state index in [4.69, 9.17) is 27.9 Å². The zero-order valence-corrected chi connectivity index (χ0v) is 24.7. The number of nitrogens with zero attached hydrogens (tertiary/aromatic N) is 3. The van der Waals surface area contributed by atoms with E-state index < -0.39 is 0 Å². The fraction of sp³-hybridized carbons (Fsp3) is 0.276. The maximum absolute atomic E-state index is 12.3. The number of benzene rings is 3. The SMILES string of the molecule is CC(C)CNC(=O)c1ccc(-c2ccc(OCc3c(C(C)C)nnn3-c3c(Cl)cccc3Cl)cc2Br)cc1. The molecule has 1 aromatic heterocycles. The van der Waals surface area contributed by atoms with Crippen LogP contribution < -0.4 is 10.1 Å². The molecular weight excluding hydrogens is 587 g/mol. The molecule has 38 heavy (non-hydrogen) atoms. The molecule has 0 atom stereocenters. The summed E-state index contributed by atoms with van der Waals surface area (Å²) >= 11 is 16.6. The lowest BCUT2D eigenvalue weighted by molar-refractivity contribution is 0.0949. The van der Waals surface area contributed by atoms with Gasteiger partial charge in [0.1, 0.15) is 23.7 Å². The van der Waals surface area contributed by atoms with E-state index in [0.29, 0.717) is 39.5 Å². The fourth-order valence-corrected chi connectivity index (χ4v) is 5.08. The second-order valence-corrected chi connectivity index (χ2v) is 11.3. The van der Waals surface area contributed by atoms with Gasteiger partial charge >= 0.3 is 0 Å². The molecule has 0 aliphatic carbocycles. The molecule has 0 saturated carbocycles. The first-order chi connectivity index (χ1) is 18.2. The van der Waals surface area contributed by atoms with Crippen molar-refractivity contribution in [3.05, 3.63) is 92.1 Å². The lowest BCUT2D eigenvalue weighted by Gasteiger charge is -2.14. The van der Waals surface area contributed by atoms with Gasteiger partial charge in [-0.15, -0.1) is 5.10 Å². The molecule has 6 nitrogen and oxygen atoms in total. The van der Waals surface area contributed by atoms with Gasteiger partial charge in [-0.1, -0.05) is 90.2 Å². The number of ether oxygens (including phenoxy) is 1. The maximum atomic E-state index is 12.3. The highest BCUT2D eigenvalue weighted by Gasteiger charge is 2.21. The smallest absolute Gasteiger partial charge is 0.251 e. The second kappa shape index (κ2) is 12.3. The first-order valence-electron chi connectivity index (χ1n) is 12.4. The minimum atomic E-state index is -0.0689. The average Bonchev–Trinajstić information content (AvgIpc) is 3.30. The number of nitrogens with one attached hydrogen (secondary N) is 1. The molecule has 198 valence electrons. The van der Waals surface area contributed by atoms with Gasteiger partial charge in [-0.2, -0.15) is 0 Å². The number of hydrogen-bond acceptors (Lipinski definition) is 4. The van der Waals surface area contributed by atoms with Crippen LogP contribution in [0.25, 0.3) is 16.8 Å². The van der Waals surface area contributed by atoms with Crippen LogP contribution in [0, 0.1) is 5.92 Å². The van der Waals surface area contributed by atoms with Gasteiger partial charge in [0.2, 0.25) is 0 Å². The summed E-state index contributed by atoms with van der Waals surface area (Å²) in [6.45, 7) is 9.12. The Morgan fingerprint density at radius 1 is 1.03 bits per heavy atom. The molecule has 0 bridgehead atoms. The second-order valence-electron chi connectivity index (χ2n) is 9.67. The average molecular weight is 616 g/mol. The number of halogens is 3. The Morgan fingerprint density at radius 2 is 1.71 bits per heavy atom. The van der Waals surface area contributed by atoms with Crippen molar-refractivity contribution in [1.29, 1.82) is 0 Å². The van der Waals surface area contributed by atoms with Crippen LogP contribution in [0.5, 0.6) is 5.75 Å². The lowest BCUT2D eigenvalue weighted by atomic mass is 10.0. The molecule has 1 heterocycles. The van der Waals surface area contributed by atoms with E-state index in [1.807, 2.05) is 42.5 Å². The van der Waals surface area contributed by atoms with Crippen molar-refractivity contribution < 1.29 is 9.53 Å². The van der Waals surface area contributed by atoms with Crippen molar-refractivity contribution >= 4 is 45.0 Å². The third kappa shape index (κ3) is 6.40. The molecule has 1 N–H and O–H groups in total. The third-order valence-electron chi connectivity index (χ3n) is 5.93. The van der Waals surface area contributed by atoms with Gasteiger partial charge in [0.25, 0.3) is 5.91 Å². The normalized spacial score (nSPS) is 11.3. The topological polar surface area (TPSA) is 69.0 Å². The molecule has 0 spiro atoms. The molecule has 0 unspecified atom stereocenters. The number of para-hydroxylation sites is 1. The third-order valence-corrected chi connectivity index (χ3v) is 7.20. The van der Waals surface area contributed by atoms with Crippen LogP contribution in [0.1, 0.15) is 55.4 Å². The highest BCUT2D eigenvalue weighted by atomic mass is 79.9. The summed E-state index contributed by atoms with van der Waals surface area (Å²) in [6, 6.07) is 18.7. The van der Waals surface area contributed by atoms with Crippen LogP contribution in [-0.2, 0) is 6.61 Å². The Labute approximate surface area is 241 Å². The van der Waals surface area contributed by atoms with Crippen LogP contribution in [0.4, 0.5) is 0 Å². The van der Waals surface area contributed by atoms with Gasteiger partial charge in [-0.05, 0) is 65.4 Å². The molecule has 0 radical (unpaired) electrons. The number of amides is 1. The predicted molar refractivity (Wildman–Crippen MR) is 157 cm³/mol. The molecule has 0 saturated heterocycles. The first kappa shape index (κ1) is 28.1. The zero-order chi connectivity index (χ0) is 27.4. The van der Waals surface area contributed by atoms with Crippen molar-refractivity contribution in [2.45, 2.75) is 40.2 Å². The fourth-order valence-electron chi connectivity index (χ4n) is 3.94. The molecule has 3 aromatic carbocycles. The first-order valence-corrected chi connectivity index (χ1v) is 13.9. The van der Waals surface area contributed by atoms with E-state index in [2.05, 4.69) is 59.3 Å². The van der Waals surface area contributed by atoms with E-state index in [1.165, 1.54) is 0 Å². The maximum Gasteiger partial charge on any atom is 0.251 e. The molecule has 0 aliphatic heterocycles. The largest absolute Gasteiger partial charge is 0.487 e. The Kier molecular flexibility index (Phi) is 9.13. The lowest BCUT2D eigenvalue weighted by Crippen LogP contribution is -2.27. The highest BCUT2D eigenvalue weighted by molar-refractivity contribution is 9.10. The van der Waals surface area contributed by atoms with E-state index in [-0.39, 0.29) is 18.4 Å². The summed E-state index contributed by atoms with van der Waals surface area (Å²) in [5, 5.41) is 12.6. The standard InChI is InChI=1S/C29H29BrCl2N4O2/c1-17(2)15-33-29(37)20-10-8-19(9-11-20)22-13-12-21(14-23(22)30)38-16-26-27(18(3)4)34-35-36(26)28-24(31)6-5-7-25(28)32/h5-14,17-18H,15-16H2,1-4H3,(H,33,37). The minimum Gasteiger partial charge on any atom is -0.487 e. The predicted octanol–water partition coefficient (Wildman–Crippen LogP) is 8.09. The van der Waals surface area contributed by atoms with Crippen LogP contribution in [0.3, 0.4) is 0 Å². The van der Waals surface area contributed by atoms with Gasteiger partial charge in [0, 0.05) is 16.6 Å². The number of aromatic nitrogens is 3. The quantitative estimate of drug-likeness (QED) is 0.207. The zero-order valence-electron chi connectivity index (χ0n) is 21.6.